The first-order chi connectivity index (χ1) is 6.09. The molecule has 0 nitrogen and oxygen atoms in total. The first-order valence-electron chi connectivity index (χ1n) is 4.36. The van der Waals surface area contributed by atoms with Crippen LogP contribution in [0.1, 0.15) is 19.4 Å². The van der Waals surface area contributed by atoms with Gasteiger partial charge in [0.2, 0.25) is 0 Å². The van der Waals surface area contributed by atoms with Gasteiger partial charge in [0, 0.05) is 10.9 Å². The number of halogens is 1. The maximum atomic E-state index is 5.29. The van der Waals surface area contributed by atoms with E-state index in [1.807, 2.05) is 12.1 Å². The van der Waals surface area contributed by atoms with Crippen LogP contribution < -0.4 is 0 Å². The molecule has 0 saturated heterocycles. The van der Waals surface area contributed by atoms with Crippen molar-refractivity contribution in [3.63, 3.8) is 0 Å². The third-order valence-corrected chi connectivity index (χ3v) is 3.02. The number of hydrogen-bond acceptors (Lipinski definition) is 1. The molecular weight excluding hydrogens is 244 g/mol. The molecule has 0 aliphatic rings. The minimum atomic E-state index is 0.494. The van der Waals surface area contributed by atoms with E-state index < -0.39 is 0 Å². The second-order valence-corrected chi connectivity index (χ2v) is 4.87. The topological polar surface area (TPSA) is 0 Å². The van der Waals surface area contributed by atoms with Gasteiger partial charge in [-0.05, 0) is 28.5 Å². The molecule has 0 unspecified atom stereocenters. The Morgan fingerprint density at radius 3 is 2.69 bits per heavy atom. The molecule has 0 aromatic heterocycles. The van der Waals surface area contributed by atoms with Crippen molar-refractivity contribution in [1.29, 1.82) is 0 Å². The second kappa shape index (κ2) is 4.87. The molecule has 0 saturated carbocycles. The average Bonchev–Trinajstić information content (AvgIpc) is 2.04. The van der Waals surface area contributed by atoms with Crippen LogP contribution in [0.2, 0.25) is 0 Å². The summed E-state index contributed by atoms with van der Waals surface area (Å²) in [5.74, 6) is 0.494. The van der Waals surface area contributed by atoms with E-state index in [1.54, 1.807) is 0 Å². The Hall–Kier alpha value is -0.210. The molecule has 0 N–H and O–H groups in total. The second-order valence-electron chi connectivity index (χ2n) is 3.43. The van der Waals surface area contributed by atoms with E-state index in [1.165, 1.54) is 5.56 Å². The van der Waals surface area contributed by atoms with Gasteiger partial charge in [0.1, 0.15) is 0 Å². The largest absolute Gasteiger partial charge is 0.0890 e. The van der Waals surface area contributed by atoms with E-state index in [0.717, 1.165) is 15.8 Å². The summed E-state index contributed by atoms with van der Waals surface area (Å²) in [6.45, 7) is 4.28. The van der Waals surface area contributed by atoms with E-state index in [0.29, 0.717) is 5.92 Å². The molecule has 1 aromatic carbocycles. The number of benzene rings is 1. The van der Waals surface area contributed by atoms with Gasteiger partial charge in [-0.25, -0.2) is 0 Å². The van der Waals surface area contributed by atoms with E-state index in [2.05, 4.69) is 41.9 Å². The Labute approximate surface area is 93.5 Å². The van der Waals surface area contributed by atoms with Gasteiger partial charge in [-0.15, -0.1) is 0 Å². The van der Waals surface area contributed by atoms with Crippen LogP contribution in [0.5, 0.6) is 0 Å². The van der Waals surface area contributed by atoms with Crippen molar-refractivity contribution in [3.05, 3.63) is 34.3 Å². The Bertz CT molecular complexity index is 305. The van der Waals surface area contributed by atoms with Crippen LogP contribution in [0.4, 0.5) is 0 Å². The number of rotatable bonds is 3. The molecule has 1 aromatic rings. The molecule has 2 heteroatoms. The van der Waals surface area contributed by atoms with Gasteiger partial charge in [0.15, 0.2) is 0 Å². The quantitative estimate of drug-likeness (QED) is 0.737. The zero-order valence-electron chi connectivity index (χ0n) is 7.88. The van der Waals surface area contributed by atoms with E-state index in [4.69, 9.17) is 12.2 Å². The van der Waals surface area contributed by atoms with Gasteiger partial charge >= 0.3 is 0 Å². The van der Waals surface area contributed by atoms with Gasteiger partial charge in [0.25, 0.3) is 0 Å². The molecule has 0 atom stereocenters. The normalized spacial score (nSPS) is 10.5. The number of thiocarbonyl (C=S) groups is 1. The highest BCUT2D eigenvalue weighted by molar-refractivity contribution is 9.10. The molecular formula is C11H13BrS. The molecule has 0 bridgehead atoms. The summed E-state index contributed by atoms with van der Waals surface area (Å²) < 4.78 is 1.12. The molecule has 0 aliphatic carbocycles. The lowest BCUT2D eigenvalue weighted by molar-refractivity contribution is 0.882. The first kappa shape index (κ1) is 10.9. The van der Waals surface area contributed by atoms with E-state index >= 15 is 0 Å². The molecule has 70 valence electrons. The summed E-state index contributed by atoms with van der Waals surface area (Å²) in [6.07, 6.45) is 0.909. The van der Waals surface area contributed by atoms with Crippen molar-refractivity contribution in [2.45, 2.75) is 20.3 Å². The summed E-state index contributed by atoms with van der Waals surface area (Å²) in [4.78, 5) is 1.12. The fraction of sp³-hybridized carbons (Fsp3) is 0.364. The Morgan fingerprint density at radius 2 is 2.15 bits per heavy atom. The third kappa shape index (κ3) is 3.57. The summed E-state index contributed by atoms with van der Waals surface area (Å²) in [5.41, 5.74) is 1.29. The standard InChI is InChI=1S/C11H13BrS/c1-8(2)11(13)7-9-4-3-5-10(12)6-9/h3-6,8H,7H2,1-2H3. The average molecular weight is 257 g/mol. The maximum Gasteiger partial charge on any atom is 0.0178 e. The van der Waals surface area contributed by atoms with Gasteiger partial charge in [-0.3, -0.25) is 0 Å². The van der Waals surface area contributed by atoms with Crippen LogP contribution >= 0.6 is 28.1 Å². The van der Waals surface area contributed by atoms with Crippen molar-refractivity contribution >= 4 is 33.0 Å². The highest BCUT2D eigenvalue weighted by atomic mass is 79.9. The summed E-state index contributed by atoms with van der Waals surface area (Å²) >= 11 is 8.73. The van der Waals surface area contributed by atoms with Gasteiger partial charge in [0.05, 0.1) is 0 Å². The molecule has 0 aliphatic heterocycles. The van der Waals surface area contributed by atoms with Crippen molar-refractivity contribution in [2.75, 3.05) is 0 Å². The van der Waals surface area contributed by atoms with Crippen LogP contribution in [-0.4, -0.2) is 4.86 Å². The van der Waals surface area contributed by atoms with Crippen LogP contribution in [0.3, 0.4) is 0 Å². The van der Waals surface area contributed by atoms with Crippen LogP contribution in [0.25, 0.3) is 0 Å². The minimum Gasteiger partial charge on any atom is -0.0890 e. The molecule has 1 rings (SSSR count). The van der Waals surface area contributed by atoms with Crippen molar-refractivity contribution in [2.24, 2.45) is 5.92 Å². The fourth-order valence-corrected chi connectivity index (χ4v) is 1.67. The van der Waals surface area contributed by atoms with E-state index in [9.17, 15) is 0 Å². The van der Waals surface area contributed by atoms with Crippen LogP contribution in [0, 0.1) is 5.92 Å². The monoisotopic (exact) mass is 256 g/mol. The minimum absolute atomic E-state index is 0.494. The smallest absolute Gasteiger partial charge is 0.0178 e. The summed E-state index contributed by atoms with van der Waals surface area (Å²) in [5, 5.41) is 0. The molecule has 0 spiro atoms. The zero-order chi connectivity index (χ0) is 9.84. The highest BCUT2D eigenvalue weighted by Crippen LogP contribution is 2.14. The zero-order valence-corrected chi connectivity index (χ0v) is 10.3. The van der Waals surface area contributed by atoms with E-state index in [-0.39, 0.29) is 0 Å². The van der Waals surface area contributed by atoms with Crippen LogP contribution in [0.15, 0.2) is 28.7 Å². The van der Waals surface area contributed by atoms with Gasteiger partial charge in [-0.2, -0.15) is 0 Å². The first-order valence-corrected chi connectivity index (χ1v) is 5.57. The van der Waals surface area contributed by atoms with Crippen molar-refractivity contribution in [3.8, 4) is 0 Å². The molecule has 0 amide bonds. The molecule has 13 heavy (non-hydrogen) atoms. The molecule has 0 fully saturated rings. The molecule has 0 heterocycles. The Morgan fingerprint density at radius 1 is 1.46 bits per heavy atom. The maximum absolute atomic E-state index is 5.29. The summed E-state index contributed by atoms with van der Waals surface area (Å²) in [7, 11) is 0. The lowest BCUT2D eigenvalue weighted by Crippen LogP contribution is -2.07. The SMILES string of the molecule is CC(C)C(=S)Cc1cccc(Br)c1. The van der Waals surface area contributed by atoms with Gasteiger partial charge in [-0.1, -0.05) is 54.1 Å². The van der Waals surface area contributed by atoms with Crippen LogP contribution in [-0.2, 0) is 6.42 Å². The lowest BCUT2D eigenvalue weighted by Gasteiger charge is -2.07. The predicted octanol–water partition coefficient (Wildman–Crippen LogP) is 4.02. The Kier molecular flexibility index (Phi) is 4.07. The highest BCUT2D eigenvalue weighted by Gasteiger charge is 2.03. The third-order valence-electron chi connectivity index (χ3n) is 1.91. The van der Waals surface area contributed by atoms with Gasteiger partial charge < -0.3 is 0 Å². The predicted molar refractivity (Wildman–Crippen MR) is 65.3 cm³/mol. The van der Waals surface area contributed by atoms with Crippen molar-refractivity contribution < 1.29 is 0 Å². The fourth-order valence-electron chi connectivity index (χ4n) is 1.05. The molecule has 0 radical (unpaired) electrons. The number of hydrogen-bond donors (Lipinski definition) is 0. The lowest BCUT2D eigenvalue weighted by atomic mass is 10.0. The summed E-state index contributed by atoms with van der Waals surface area (Å²) in [6, 6.07) is 8.30. The Balaban J connectivity index is 2.69. The van der Waals surface area contributed by atoms with Crippen molar-refractivity contribution in [1.82, 2.24) is 0 Å².